The van der Waals surface area contributed by atoms with Crippen LogP contribution >= 0.6 is 0 Å². The molecule has 0 bridgehead atoms. The van der Waals surface area contributed by atoms with Crippen LogP contribution in [-0.4, -0.2) is 42.1 Å². The molecule has 23 heavy (non-hydrogen) atoms. The molecule has 2 aromatic heterocycles. The lowest BCUT2D eigenvalue weighted by Crippen LogP contribution is -2.24. The van der Waals surface area contributed by atoms with Crippen molar-refractivity contribution in [3.63, 3.8) is 0 Å². The fourth-order valence-electron chi connectivity index (χ4n) is 2.40. The van der Waals surface area contributed by atoms with Crippen molar-refractivity contribution >= 4 is 11.6 Å². The van der Waals surface area contributed by atoms with Crippen molar-refractivity contribution in [2.45, 2.75) is 33.1 Å². The molecule has 0 aliphatic rings. The van der Waals surface area contributed by atoms with Crippen LogP contribution in [0.25, 0.3) is 0 Å². The maximum Gasteiger partial charge on any atom is 0.134 e. The summed E-state index contributed by atoms with van der Waals surface area (Å²) in [6.45, 7) is 6.10. The number of nitrogens with zero attached hydrogens (tertiary/aromatic N) is 5. The molecule has 0 fully saturated rings. The Kier molecular flexibility index (Phi) is 6.32. The van der Waals surface area contributed by atoms with E-state index in [9.17, 15) is 0 Å². The predicted octanol–water partition coefficient (Wildman–Crippen LogP) is 3.10. The molecule has 124 valence electrons. The molecule has 0 aromatic carbocycles. The Hall–Kier alpha value is -2.17. The Bertz CT molecular complexity index is 600. The lowest BCUT2D eigenvalue weighted by atomic mass is 10.2. The third-order valence-corrected chi connectivity index (χ3v) is 3.93. The molecule has 0 radical (unpaired) electrons. The Morgan fingerprint density at radius 1 is 0.957 bits per heavy atom. The van der Waals surface area contributed by atoms with Gasteiger partial charge in [-0.3, -0.25) is 4.98 Å². The number of likely N-dealkylation sites (N-methyl/N-ethyl adjacent to an activating group) is 1. The largest absolute Gasteiger partial charge is 0.360 e. The fraction of sp³-hybridized carbons (Fsp3) is 0.500. The monoisotopic (exact) mass is 313 g/mol. The molecule has 0 amide bonds. The van der Waals surface area contributed by atoms with Crippen LogP contribution in [0.3, 0.4) is 0 Å². The van der Waals surface area contributed by atoms with Gasteiger partial charge in [-0.25, -0.2) is 9.97 Å². The lowest BCUT2D eigenvalue weighted by molar-refractivity contribution is 0.754. The number of anilines is 2. The topological polar surface area (TPSA) is 45.2 Å². The summed E-state index contributed by atoms with van der Waals surface area (Å²) in [5, 5.41) is 0. The van der Waals surface area contributed by atoms with Crippen molar-refractivity contribution in [3.8, 4) is 0 Å². The van der Waals surface area contributed by atoms with E-state index in [1.807, 2.05) is 19.3 Å². The summed E-state index contributed by atoms with van der Waals surface area (Å²) in [6.07, 6.45) is 7.01. The van der Waals surface area contributed by atoms with E-state index in [-0.39, 0.29) is 0 Å². The van der Waals surface area contributed by atoms with Gasteiger partial charge in [-0.1, -0.05) is 13.3 Å². The quantitative estimate of drug-likeness (QED) is 0.749. The zero-order valence-electron chi connectivity index (χ0n) is 14.7. The van der Waals surface area contributed by atoms with Crippen molar-refractivity contribution in [3.05, 3.63) is 42.0 Å². The highest BCUT2D eigenvalue weighted by atomic mass is 15.2. The van der Waals surface area contributed by atoms with Gasteiger partial charge in [0.1, 0.15) is 17.5 Å². The van der Waals surface area contributed by atoms with Gasteiger partial charge in [0.2, 0.25) is 0 Å². The van der Waals surface area contributed by atoms with Crippen molar-refractivity contribution in [2.75, 3.05) is 37.0 Å². The van der Waals surface area contributed by atoms with Gasteiger partial charge in [0.05, 0.1) is 0 Å². The summed E-state index contributed by atoms with van der Waals surface area (Å²) in [5.41, 5.74) is 1.29. The Morgan fingerprint density at radius 2 is 1.57 bits per heavy atom. The molecule has 0 saturated heterocycles. The predicted molar refractivity (Wildman–Crippen MR) is 96.2 cm³/mol. The Balaban J connectivity index is 2.04. The highest BCUT2D eigenvalue weighted by Gasteiger charge is 2.09. The molecular weight excluding hydrogens is 286 g/mol. The number of pyridine rings is 1. The van der Waals surface area contributed by atoms with Crippen LogP contribution in [0.5, 0.6) is 0 Å². The zero-order chi connectivity index (χ0) is 16.7. The van der Waals surface area contributed by atoms with Crippen molar-refractivity contribution in [2.24, 2.45) is 0 Å². The van der Waals surface area contributed by atoms with E-state index in [0.29, 0.717) is 0 Å². The van der Waals surface area contributed by atoms with Gasteiger partial charge in [-0.15, -0.1) is 0 Å². The van der Waals surface area contributed by atoms with Crippen LogP contribution in [0, 0.1) is 6.92 Å². The van der Waals surface area contributed by atoms with Gasteiger partial charge in [0.15, 0.2) is 0 Å². The van der Waals surface area contributed by atoms with E-state index in [1.165, 1.54) is 18.4 Å². The van der Waals surface area contributed by atoms with Crippen LogP contribution in [0.2, 0.25) is 0 Å². The van der Waals surface area contributed by atoms with Crippen molar-refractivity contribution < 1.29 is 0 Å². The second kappa shape index (κ2) is 8.46. The Labute approximate surface area is 139 Å². The second-order valence-corrected chi connectivity index (χ2v) is 5.93. The molecule has 0 spiro atoms. The van der Waals surface area contributed by atoms with Crippen LogP contribution in [0.1, 0.15) is 31.2 Å². The first-order valence-electron chi connectivity index (χ1n) is 8.27. The fourth-order valence-corrected chi connectivity index (χ4v) is 2.40. The summed E-state index contributed by atoms with van der Waals surface area (Å²) in [6, 6.07) is 6.20. The maximum atomic E-state index is 4.58. The average Bonchev–Trinajstić information content (AvgIpc) is 2.57. The van der Waals surface area contributed by atoms with Crippen LogP contribution in [-0.2, 0) is 6.42 Å². The van der Waals surface area contributed by atoms with Gasteiger partial charge >= 0.3 is 0 Å². The molecule has 0 unspecified atom stereocenters. The highest BCUT2D eigenvalue weighted by molar-refractivity contribution is 5.50. The first kappa shape index (κ1) is 17.2. The smallest absolute Gasteiger partial charge is 0.134 e. The average molecular weight is 313 g/mol. The summed E-state index contributed by atoms with van der Waals surface area (Å²) >= 11 is 0. The third kappa shape index (κ3) is 5.20. The third-order valence-electron chi connectivity index (χ3n) is 3.93. The van der Waals surface area contributed by atoms with Gasteiger partial charge < -0.3 is 9.80 Å². The lowest BCUT2D eigenvalue weighted by Gasteiger charge is -2.22. The van der Waals surface area contributed by atoms with E-state index < -0.39 is 0 Å². The summed E-state index contributed by atoms with van der Waals surface area (Å²) in [4.78, 5) is 17.6. The highest BCUT2D eigenvalue weighted by Crippen LogP contribution is 2.18. The van der Waals surface area contributed by atoms with Crippen molar-refractivity contribution in [1.29, 1.82) is 0 Å². The molecule has 0 atom stereocenters. The molecule has 2 rings (SSSR count). The van der Waals surface area contributed by atoms with Gasteiger partial charge in [-0.05, 0) is 37.5 Å². The molecule has 0 N–H and O–H groups in total. The van der Waals surface area contributed by atoms with Gasteiger partial charge in [0.25, 0.3) is 0 Å². The number of aromatic nitrogens is 3. The number of rotatable bonds is 8. The number of hydrogen-bond donors (Lipinski definition) is 0. The van der Waals surface area contributed by atoms with Crippen molar-refractivity contribution in [1.82, 2.24) is 15.0 Å². The number of unbranched alkanes of at least 4 members (excludes halogenated alkanes) is 1. The molecule has 0 aliphatic heterocycles. The SMILES string of the molecule is CCCCN(C)c1cc(N(C)CCc2ccncc2)nc(C)n1. The number of aryl methyl sites for hydroxylation is 1. The summed E-state index contributed by atoms with van der Waals surface area (Å²) < 4.78 is 0. The standard InChI is InChI=1S/C18H27N5/c1-5-6-12-22(3)17-14-18(21-15(2)20-17)23(4)13-9-16-7-10-19-11-8-16/h7-8,10-11,14H,5-6,9,12-13H2,1-4H3. The van der Waals surface area contributed by atoms with Crippen LogP contribution in [0.15, 0.2) is 30.6 Å². The molecule has 5 nitrogen and oxygen atoms in total. The molecule has 0 aliphatic carbocycles. The normalized spacial score (nSPS) is 10.6. The second-order valence-electron chi connectivity index (χ2n) is 5.93. The molecule has 5 heteroatoms. The van der Waals surface area contributed by atoms with Gasteiger partial charge in [-0.2, -0.15) is 0 Å². The minimum Gasteiger partial charge on any atom is -0.360 e. The molecular formula is C18H27N5. The number of hydrogen-bond acceptors (Lipinski definition) is 5. The molecule has 2 aromatic rings. The summed E-state index contributed by atoms with van der Waals surface area (Å²) in [5.74, 6) is 2.79. The van der Waals surface area contributed by atoms with E-state index in [4.69, 9.17) is 0 Å². The minimum absolute atomic E-state index is 0.816. The Morgan fingerprint density at radius 3 is 2.17 bits per heavy atom. The zero-order valence-corrected chi connectivity index (χ0v) is 14.7. The maximum absolute atomic E-state index is 4.58. The summed E-state index contributed by atoms with van der Waals surface area (Å²) in [7, 11) is 4.18. The van der Waals surface area contributed by atoms with E-state index >= 15 is 0 Å². The first-order valence-corrected chi connectivity index (χ1v) is 8.27. The molecule has 0 saturated carbocycles. The van der Waals surface area contributed by atoms with Crippen LogP contribution < -0.4 is 9.80 Å². The van der Waals surface area contributed by atoms with E-state index in [0.717, 1.165) is 37.0 Å². The van der Waals surface area contributed by atoms with Crippen LogP contribution in [0.4, 0.5) is 11.6 Å². The van der Waals surface area contributed by atoms with E-state index in [2.05, 4.69) is 64.0 Å². The van der Waals surface area contributed by atoms with Gasteiger partial charge in [0, 0.05) is 45.6 Å². The first-order chi connectivity index (χ1) is 11.1. The van der Waals surface area contributed by atoms with E-state index in [1.54, 1.807) is 0 Å². The minimum atomic E-state index is 0.816. The molecule has 2 heterocycles.